The van der Waals surface area contributed by atoms with Crippen LogP contribution in [0.1, 0.15) is 12.7 Å². The van der Waals surface area contributed by atoms with Crippen LogP contribution in [0.4, 0.5) is 5.95 Å². The van der Waals surface area contributed by atoms with Crippen molar-refractivity contribution in [3.63, 3.8) is 0 Å². The van der Waals surface area contributed by atoms with Gasteiger partial charge in [-0.25, -0.2) is 14.8 Å². The minimum atomic E-state index is -0.433. The van der Waals surface area contributed by atoms with Crippen molar-refractivity contribution in [1.29, 1.82) is 0 Å². The van der Waals surface area contributed by atoms with Crippen molar-refractivity contribution in [2.45, 2.75) is 13.3 Å². The Balaban J connectivity index is 2.46. The number of aromatic nitrogens is 3. The summed E-state index contributed by atoms with van der Waals surface area (Å²) >= 11 is 6.15. The Morgan fingerprint density at radius 2 is 2.14 bits per heavy atom. The van der Waals surface area contributed by atoms with E-state index in [0.717, 1.165) is 0 Å². The molecule has 1 aromatic heterocycles. The van der Waals surface area contributed by atoms with Crippen molar-refractivity contribution in [3.05, 3.63) is 58.3 Å². The second kappa shape index (κ2) is 7.01. The van der Waals surface area contributed by atoms with Crippen LogP contribution in [-0.2, 0) is 6.42 Å². The van der Waals surface area contributed by atoms with E-state index in [1.54, 1.807) is 24.3 Å². The van der Waals surface area contributed by atoms with Crippen molar-refractivity contribution < 1.29 is 0 Å². The van der Waals surface area contributed by atoms with Gasteiger partial charge in [-0.1, -0.05) is 36.7 Å². The average molecular weight is 306 g/mol. The predicted octanol–water partition coefficient (Wildman–Crippen LogP) is 1.95. The summed E-state index contributed by atoms with van der Waals surface area (Å²) < 4.78 is 1.42. The topological polar surface area (TPSA) is 71.8 Å². The Morgan fingerprint density at radius 1 is 1.38 bits per heavy atom. The third kappa shape index (κ3) is 3.48. The summed E-state index contributed by atoms with van der Waals surface area (Å²) in [5, 5.41) is 0.475. The van der Waals surface area contributed by atoms with Crippen LogP contribution in [0.25, 0.3) is 5.69 Å². The van der Waals surface area contributed by atoms with Gasteiger partial charge in [0.05, 0.1) is 10.7 Å². The standard InChI is InChI=1S/C14H16ClN5O/c1-3-9-16-19-13-17-12(4-2)20(14(21)18-13)11-8-6-5-7-10(11)15/h3,5-8,16H,1,4,9H2,2H3,(H,18,19,21). The lowest BCUT2D eigenvalue weighted by atomic mass is 10.3. The van der Waals surface area contributed by atoms with Gasteiger partial charge in [-0.2, -0.15) is 9.97 Å². The van der Waals surface area contributed by atoms with Crippen LogP contribution < -0.4 is 16.5 Å². The molecule has 0 aliphatic carbocycles. The van der Waals surface area contributed by atoms with Crippen LogP contribution in [0.5, 0.6) is 0 Å². The lowest BCUT2D eigenvalue weighted by Crippen LogP contribution is -2.31. The fourth-order valence-electron chi connectivity index (χ4n) is 1.82. The van der Waals surface area contributed by atoms with Crippen LogP contribution in [0.3, 0.4) is 0 Å². The number of anilines is 1. The van der Waals surface area contributed by atoms with Gasteiger partial charge in [-0.05, 0) is 12.1 Å². The highest BCUT2D eigenvalue weighted by Gasteiger charge is 2.12. The molecule has 0 fully saturated rings. The number of halogens is 1. The SMILES string of the molecule is C=CCNNc1nc(CC)n(-c2ccccc2Cl)c(=O)n1. The monoisotopic (exact) mass is 305 g/mol. The fourth-order valence-corrected chi connectivity index (χ4v) is 2.04. The summed E-state index contributed by atoms with van der Waals surface area (Å²) in [6, 6.07) is 7.10. The van der Waals surface area contributed by atoms with Crippen molar-refractivity contribution >= 4 is 17.5 Å². The molecule has 110 valence electrons. The average Bonchev–Trinajstić information content (AvgIpc) is 2.48. The number of hydrazine groups is 1. The summed E-state index contributed by atoms with van der Waals surface area (Å²) in [6.07, 6.45) is 2.25. The number of para-hydroxylation sites is 1. The molecule has 1 heterocycles. The molecule has 0 bridgehead atoms. The van der Waals surface area contributed by atoms with Crippen LogP contribution in [0.2, 0.25) is 5.02 Å². The molecule has 2 rings (SSSR count). The van der Waals surface area contributed by atoms with Gasteiger partial charge >= 0.3 is 5.69 Å². The van der Waals surface area contributed by atoms with E-state index in [4.69, 9.17) is 11.6 Å². The van der Waals surface area contributed by atoms with E-state index in [1.807, 2.05) is 13.0 Å². The number of hydrogen-bond donors (Lipinski definition) is 2. The van der Waals surface area contributed by atoms with Gasteiger partial charge in [0.15, 0.2) is 0 Å². The van der Waals surface area contributed by atoms with Gasteiger partial charge < -0.3 is 0 Å². The molecular weight excluding hydrogens is 290 g/mol. The quantitative estimate of drug-likeness (QED) is 0.485. The molecule has 0 saturated heterocycles. The molecular formula is C14H16ClN5O. The highest BCUT2D eigenvalue weighted by molar-refractivity contribution is 6.32. The van der Waals surface area contributed by atoms with Crippen molar-refractivity contribution in [3.8, 4) is 5.69 Å². The van der Waals surface area contributed by atoms with E-state index >= 15 is 0 Å². The molecule has 2 N–H and O–H groups in total. The molecule has 7 heteroatoms. The summed E-state index contributed by atoms with van der Waals surface area (Å²) in [4.78, 5) is 20.5. The summed E-state index contributed by atoms with van der Waals surface area (Å²) in [6.45, 7) is 6.02. The molecule has 6 nitrogen and oxygen atoms in total. The number of benzene rings is 1. The lowest BCUT2D eigenvalue weighted by molar-refractivity contribution is 0.754. The van der Waals surface area contributed by atoms with Gasteiger partial charge in [0, 0.05) is 13.0 Å². The fraction of sp³-hybridized carbons (Fsp3) is 0.214. The third-order valence-electron chi connectivity index (χ3n) is 2.74. The molecule has 0 radical (unpaired) electrons. The molecule has 0 aliphatic heterocycles. The van der Waals surface area contributed by atoms with Gasteiger partial charge in [0.1, 0.15) is 5.82 Å². The van der Waals surface area contributed by atoms with Crippen LogP contribution in [-0.4, -0.2) is 21.1 Å². The molecule has 0 unspecified atom stereocenters. The summed E-state index contributed by atoms with van der Waals surface area (Å²) in [5.74, 6) is 0.799. The summed E-state index contributed by atoms with van der Waals surface area (Å²) in [5.41, 5.74) is 5.74. The Kier molecular flexibility index (Phi) is 5.08. The molecule has 0 saturated carbocycles. The zero-order valence-electron chi connectivity index (χ0n) is 11.6. The number of hydrogen-bond acceptors (Lipinski definition) is 5. The van der Waals surface area contributed by atoms with E-state index in [-0.39, 0.29) is 5.95 Å². The molecule has 0 atom stereocenters. The highest BCUT2D eigenvalue weighted by atomic mass is 35.5. The van der Waals surface area contributed by atoms with Gasteiger partial charge in [-0.15, -0.1) is 6.58 Å². The molecule has 0 amide bonds. The van der Waals surface area contributed by atoms with E-state index in [0.29, 0.717) is 29.5 Å². The molecule has 0 spiro atoms. The maximum Gasteiger partial charge on any atom is 0.356 e. The van der Waals surface area contributed by atoms with E-state index in [2.05, 4.69) is 27.4 Å². The summed E-state index contributed by atoms with van der Waals surface area (Å²) in [7, 11) is 0. The maximum atomic E-state index is 12.3. The highest BCUT2D eigenvalue weighted by Crippen LogP contribution is 2.19. The number of rotatable bonds is 6. The number of nitrogens with zero attached hydrogens (tertiary/aromatic N) is 3. The van der Waals surface area contributed by atoms with E-state index in [1.165, 1.54) is 4.57 Å². The van der Waals surface area contributed by atoms with Crippen LogP contribution >= 0.6 is 11.6 Å². The van der Waals surface area contributed by atoms with E-state index < -0.39 is 5.69 Å². The maximum absolute atomic E-state index is 12.3. The first-order chi connectivity index (χ1) is 10.2. The lowest BCUT2D eigenvalue weighted by Gasteiger charge is -2.13. The molecule has 2 aromatic rings. The number of nitrogens with one attached hydrogen (secondary N) is 2. The number of aryl methyl sites for hydroxylation is 1. The van der Waals surface area contributed by atoms with Crippen molar-refractivity contribution in [2.75, 3.05) is 12.0 Å². The first-order valence-corrected chi connectivity index (χ1v) is 6.89. The van der Waals surface area contributed by atoms with Crippen LogP contribution in [0, 0.1) is 0 Å². The normalized spacial score (nSPS) is 10.4. The minimum Gasteiger partial charge on any atom is -0.289 e. The Labute approximate surface area is 127 Å². The van der Waals surface area contributed by atoms with Crippen molar-refractivity contribution in [2.24, 2.45) is 0 Å². The third-order valence-corrected chi connectivity index (χ3v) is 3.06. The zero-order chi connectivity index (χ0) is 15.2. The first kappa shape index (κ1) is 15.2. The molecule has 21 heavy (non-hydrogen) atoms. The van der Waals surface area contributed by atoms with Crippen molar-refractivity contribution in [1.82, 2.24) is 20.0 Å². The van der Waals surface area contributed by atoms with Gasteiger partial charge in [0.25, 0.3) is 0 Å². The second-order valence-electron chi connectivity index (χ2n) is 4.18. The smallest absolute Gasteiger partial charge is 0.289 e. The Morgan fingerprint density at radius 3 is 2.81 bits per heavy atom. The predicted molar refractivity (Wildman–Crippen MR) is 83.8 cm³/mol. The van der Waals surface area contributed by atoms with Crippen LogP contribution in [0.15, 0.2) is 41.7 Å². The Hall–Kier alpha value is -2.18. The Bertz CT molecular complexity index is 698. The largest absolute Gasteiger partial charge is 0.356 e. The van der Waals surface area contributed by atoms with Gasteiger partial charge in [-0.3, -0.25) is 5.43 Å². The second-order valence-corrected chi connectivity index (χ2v) is 4.59. The molecule has 1 aromatic carbocycles. The van der Waals surface area contributed by atoms with E-state index in [9.17, 15) is 4.79 Å². The molecule has 0 aliphatic rings. The minimum absolute atomic E-state index is 0.224. The first-order valence-electron chi connectivity index (χ1n) is 6.52. The van der Waals surface area contributed by atoms with Gasteiger partial charge in [0.2, 0.25) is 5.95 Å². The zero-order valence-corrected chi connectivity index (χ0v) is 12.4.